The summed E-state index contributed by atoms with van der Waals surface area (Å²) < 4.78 is 29.0. The second-order valence-corrected chi connectivity index (χ2v) is 5.74. The van der Waals surface area contributed by atoms with Gasteiger partial charge in [0, 0.05) is 5.56 Å². The van der Waals surface area contributed by atoms with Crippen molar-refractivity contribution in [2.24, 2.45) is 0 Å². The van der Waals surface area contributed by atoms with Crippen LogP contribution in [0.5, 0.6) is 11.5 Å². The van der Waals surface area contributed by atoms with E-state index in [1.807, 2.05) is 6.92 Å². The molecule has 0 atom stereocenters. The number of carbonyl (C=O) groups excluding carboxylic acids is 1. The summed E-state index contributed by atoms with van der Waals surface area (Å²) in [5.41, 5.74) is 1.12. The van der Waals surface area contributed by atoms with E-state index in [2.05, 4.69) is 0 Å². The molecule has 0 amide bonds. The maximum absolute atomic E-state index is 12.0. The average Bonchev–Trinajstić information content (AvgIpc) is 2.41. The van der Waals surface area contributed by atoms with Gasteiger partial charge in [-0.3, -0.25) is 4.79 Å². The molecule has 0 aromatic heterocycles. The smallest absolute Gasteiger partial charge is 0.339 e. The van der Waals surface area contributed by atoms with Crippen LogP contribution in [-0.4, -0.2) is 19.8 Å². The zero-order valence-electron chi connectivity index (χ0n) is 10.6. The minimum atomic E-state index is -4.05. The predicted octanol–water partition coefficient (Wildman–Crippen LogP) is 2.28. The van der Waals surface area contributed by atoms with E-state index in [-0.39, 0.29) is 22.0 Å². The Hall–Kier alpha value is -2.34. The van der Waals surface area contributed by atoms with E-state index in [0.29, 0.717) is 6.29 Å². The lowest BCUT2D eigenvalue weighted by Gasteiger charge is -2.09. The molecule has 2 rings (SSSR count). The number of hydrogen-bond acceptors (Lipinski definition) is 5. The summed E-state index contributed by atoms with van der Waals surface area (Å²) in [5.74, 6) is -0.638. The van der Waals surface area contributed by atoms with Crippen molar-refractivity contribution in [3.8, 4) is 11.5 Å². The average molecular weight is 292 g/mol. The quantitative estimate of drug-likeness (QED) is 0.690. The SMILES string of the molecule is Cc1ccc(S(=O)(=O)Oc2cc(C=O)ccc2O)cc1. The molecule has 0 heterocycles. The number of phenolic OH excluding ortho intramolecular Hbond substituents is 1. The summed E-state index contributed by atoms with van der Waals surface area (Å²) in [4.78, 5) is 10.6. The molecular formula is C14H12O5S. The van der Waals surface area contributed by atoms with Crippen molar-refractivity contribution in [3.63, 3.8) is 0 Å². The molecule has 0 saturated carbocycles. The number of hydrogen-bond donors (Lipinski definition) is 1. The molecule has 2 aromatic rings. The lowest BCUT2D eigenvalue weighted by Crippen LogP contribution is -2.10. The molecule has 0 fully saturated rings. The van der Waals surface area contributed by atoms with Crippen molar-refractivity contribution in [1.82, 2.24) is 0 Å². The van der Waals surface area contributed by atoms with Crippen molar-refractivity contribution in [2.75, 3.05) is 0 Å². The Kier molecular flexibility index (Phi) is 3.76. The molecule has 2 aromatic carbocycles. The first-order chi connectivity index (χ1) is 9.42. The maximum Gasteiger partial charge on any atom is 0.339 e. The molecule has 0 aliphatic heterocycles. The number of aldehydes is 1. The maximum atomic E-state index is 12.0. The molecule has 104 valence electrons. The topological polar surface area (TPSA) is 80.7 Å². The monoisotopic (exact) mass is 292 g/mol. The Morgan fingerprint density at radius 2 is 1.75 bits per heavy atom. The van der Waals surface area contributed by atoms with Crippen LogP contribution in [0.3, 0.4) is 0 Å². The van der Waals surface area contributed by atoms with Gasteiger partial charge in [-0.05, 0) is 37.3 Å². The van der Waals surface area contributed by atoms with Gasteiger partial charge in [-0.1, -0.05) is 17.7 Å². The third-order valence-corrected chi connectivity index (χ3v) is 3.88. The van der Waals surface area contributed by atoms with Gasteiger partial charge in [-0.25, -0.2) is 0 Å². The largest absolute Gasteiger partial charge is 0.504 e. The van der Waals surface area contributed by atoms with Gasteiger partial charge in [0.15, 0.2) is 11.5 Å². The van der Waals surface area contributed by atoms with Crippen molar-refractivity contribution >= 4 is 16.4 Å². The van der Waals surface area contributed by atoms with E-state index < -0.39 is 10.1 Å². The predicted molar refractivity (Wildman–Crippen MR) is 72.5 cm³/mol. The van der Waals surface area contributed by atoms with E-state index >= 15 is 0 Å². The van der Waals surface area contributed by atoms with Gasteiger partial charge in [-0.2, -0.15) is 8.42 Å². The van der Waals surface area contributed by atoms with E-state index in [0.717, 1.165) is 11.6 Å². The number of benzene rings is 2. The van der Waals surface area contributed by atoms with Gasteiger partial charge in [0.1, 0.15) is 11.2 Å². The van der Waals surface area contributed by atoms with Crippen LogP contribution in [0, 0.1) is 6.92 Å². The van der Waals surface area contributed by atoms with Gasteiger partial charge < -0.3 is 9.29 Å². The number of phenols is 1. The lowest BCUT2D eigenvalue weighted by molar-refractivity contribution is 0.112. The summed E-state index contributed by atoms with van der Waals surface area (Å²) >= 11 is 0. The Morgan fingerprint density at radius 1 is 1.10 bits per heavy atom. The molecule has 0 unspecified atom stereocenters. The molecule has 0 saturated heterocycles. The van der Waals surface area contributed by atoms with Crippen LogP contribution in [-0.2, 0) is 10.1 Å². The number of rotatable bonds is 4. The first-order valence-corrected chi connectivity index (χ1v) is 7.12. The summed E-state index contributed by atoms with van der Waals surface area (Å²) in [6.45, 7) is 1.83. The van der Waals surface area contributed by atoms with E-state index in [1.54, 1.807) is 12.1 Å². The molecule has 20 heavy (non-hydrogen) atoms. The standard InChI is InChI=1S/C14H12O5S/c1-10-2-5-12(6-3-10)20(17,18)19-14-8-11(9-15)4-7-13(14)16/h2-9,16H,1H3. The molecule has 1 N–H and O–H groups in total. The Labute approximate surface area is 116 Å². The van der Waals surface area contributed by atoms with Gasteiger partial charge in [0.25, 0.3) is 0 Å². The fourth-order valence-electron chi connectivity index (χ4n) is 1.54. The summed E-state index contributed by atoms with van der Waals surface area (Å²) in [7, 11) is -4.05. The van der Waals surface area contributed by atoms with Crippen LogP contribution in [0.2, 0.25) is 0 Å². The first-order valence-electron chi connectivity index (χ1n) is 5.72. The zero-order chi connectivity index (χ0) is 14.8. The third kappa shape index (κ3) is 2.97. The Bertz CT molecular complexity index is 733. The zero-order valence-corrected chi connectivity index (χ0v) is 11.4. The van der Waals surface area contributed by atoms with Crippen molar-refractivity contribution < 1.29 is 22.5 Å². The van der Waals surface area contributed by atoms with E-state index in [1.165, 1.54) is 24.3 Å². The van der Waals surface area contributed by atoms with Crippen LogP contribution >= 0.6 is 0 Å². The van der Waals surface area contributed by atoms with Gasteiger partial charge >= 0.3 is 10.1 Å². The minimum Gasteiger partial charge on any atom is -0.504 e. The van der Waals surface area contributed by atoms with Crippen LogP contribution in [0.4, 0.5) is 0 Å². The van der Waals surface area contributed by atoms with Crippen molar-refractivity contribution in [1.29, 1.82) is 0 Å². The Balaban J connectivity index is 2.37. The van der Waals surface area contributed by atoms with Crippen LogP contribution in [0.25, 0.3) is 0 Å². The number of carbonyl (C=O) groups is 1. The van der Waals surface area contributed by atoms with E-state index in [9.17, 15) is 18.3 Å². The van der Waals surface area contributed by atoms with Crippen molar-refractivity contribution in [3.05, 3.63) is 53.6 Å². The van der Waals surface area contributed by atoms with Crippen LogP contribution in [0.15, 0.2) is 47.4 Å². The summed E-state index contributed by atoms with van der Waals surface area (Å²) in [5, 5.41) is 9.58. The molecule has 0 radical (unpaired) electrons. The highest BCUT2D eigenvalue weighted by molar-refractivity contribution is 7.87. The number of aryl methyl sites for hydroxylation is 1. The van der Waals surface area contributed by atoms with Crippen LogP contribution in [0.1, 0.15) is 15.9 Å². The molecular weight excluding hydrogens is 280 g/mol. The van der Waals surface area contributed by atoms with Gasteiger partial charge in [-0.15, -0.1) is 0 Å². The number of aromatic hydroxyl groups is 1. The second-order valence-electron chi connectivity index (χ2n) is 4.20. The van der Waals surface area contributed by atoms with Gasteiger partial charge in [0.2, 0.25) is 0 Å². The lowest BCUT2D eigenvalue weighted by atomic mass is 10.2. The van der Waals surface area contributed by atoms with Crippen molar-refractivity contribution in [2.45, 2.75) is 11.8 Å². The van der Waals surface area contributed by atoms with E-state index in [4.69, 9.17) is 4.18 Å². The van der Waals surface area contributed by atoms with Crippen LogP contribution < -0.4 is 4.18 Å². The fraction of sp³-hybridized carbons (Fsp3) is 0.0714. The first kappa shape index (κ1) is 14.1. The molecule has 0 aliphatic carbocycles. The second kappa shape index (κ2) is 5.34. The highest BCUT2D eigenvalue weighted by Gasteiger charge is 2.18. The Morgan fingerprint density at radius 3 is 2.35 bits per heavy atom. The highest BCUT2D eigenvalue weighted by atomic mass is 32.2. The summed E-state index contributed by atoms with van der Waals surface area (Å²) in [6.07, 6.45) is 0.533. The normalized spacial score (nSPS) is 11.1. The fourth-order valence-corrected chi connectivity index (χ4v) is 2.48. The molecule has 6 heteroatoms. The molecule has 5 nitrogen and oxygen atoms in total. The summed E-state index contributed by atoms with van der Waals surface area (Å²) in [6, 6.07) is 9.80. The minimum absolute atomic E-state index is 0.0287. The highest BCUT2D eigenvalue weighted by Crippen LogP contribution is 2.29. The molecule has 0 bridgehead atoms. The third-order valence-electron chi connectivity index (χ3n) is 2.63. The molecule has 0 aliphatic rings. The van der Waals surface area contributed by atoms with Gasteiger partial charge in [0.05, 0.1) is 0 Å². The molecule has 0 spiro atoms.